The predicted molar refractivity (Wildman–Crippen MR) is 56.2 cm³/mol. The number of hydrogen-bond acceptors (Lipinski definition) is 3. The van der Waals surface area contributed by atoms with Gasteiger partial charge in [-0.3, -0.25) is 0 Å². The number of nitrogens with one attached hydrogen (secondary N) is 1. The highest BCUT2D eigenvalue weighted by molar-refractivity contribution is 5.19. The van der Waals surface area contributed by atoms with Gasteiger partial charge in [0.05, 0.1) is 18.5 Å². The molecule has 0 saturated heterocycles. The van der Waals surface area contributed by atoms with Crippen LogP contribution in [0.5, 0.6) is 0 Å². The van der Waals surface area contributed by atoms with Crippen molar-refractivity contribution >= 4 is 0 Å². The van der Waals surface area contributed by atoms with Crippen LogP contribution in [-0.4, -0.2) is 19.1 Å². The monoisotopic (exact) mass is 189 g/mol. The molecule has 0 aromatic heterocycles. The molecule has 0 radical (unpaired) electrons. The van der Waals surface area contributed by atoms with Crippen LogP contribution in [0.15, 0.2) is 30.3 Å². The van der Waals surface area contributed by atoms with E-state index >= 15 is 0 Å². The Hall–Kier alpha value is -1.37. The molecule has 0 heterocycles. The second-order valence-electron chi connectivity index (χ2n) is 3.35. The quantitative estimate of drug-likeness (QED) is 0.733. The number of nitriles is 1. The first kappa shape index (κ1) is 10.7. The molecular weight excluding hydrogens is 174 g/mol. The molecule has 1 atom stereocenters. The van der Waals surface area contributed by atoms with Crippen molar-refractivity contribution < 1.29 is 0 Å². The van der Waals surface area contributed by atoms with Gasteiger partial charge >= 0.3 is 0 Å². The fourth-order valence-electron chi connectivity index (χ4n) is 1.33. The molecule has 1 N–H and O–H groups in total. The maximum absolute atomic E-state index is 8.70. The molecule has 3 heteroatoms. The fraction of sp³-hybridized carbons (Fsp3) is 0.364. The van der Waals surface area contributed by atoms with Gasteiger partial charge in [-0.25, -0.2) is 10.4 Å². The van der Waals surface area contributed by atoms with Crippen LogP contribution in [0.2, 0.25) is 0 Å². The Bertz CT molecular complexity index is 300. The summed E-state index contributed by atoms with van der Waals surface area (Å²) in [7, 11) is 3.85. The molecule has 1 aromatic carbocycles. The largest absolute Gasteiger partial charge is 0.250 e. The van der Waals surface area contributed by atoms with Crippen LogP contribution < -0.4 is 5.43 Å². The number of rotatable bonds is 4. The Balaban J connectivity index is 2.73. The lowest BCUT2D eigenvalue weighted by Crippen LogP contribution is -2.34. The third-order valence-electron chi connectivity index (χ3n) is 1.91. The van der Waals surface area contributed by atoms with Gasteiger partial charge in [-0.2, -0.15) is 5.26 Å². The summed E-state index contributed by atoms with van der Waals surface area (Å²) in [4.78, 5) is 0. The SMILES string of the molecule is CN(C)NC(CC#N)c1ccccc1. The molecule has 0 aliphatic rings. The lowest BCUT2D eigenvalue weighted by molar-refractivity contribution is 0.244. The van der Waals surface area contributed by atoms with Gasteiger partial charge in [-0.1, -0.05) is 30.3 Å². The zero-order valence-electron chi connectivity index (χ0n) is 8.57. The van der Waals surface area contributed by atoms with Crippen LogP contribution in [0.25, 0.3) is 0 Å². The highest BCUT2D eigenvalue weighted by Gasteiger charge is 2.10. The van der Waals surface area contributed by atoms with E-state index in [1.807, 2.05) is 49.4 Å². The van der Waals surface area contributed by atoms with E-state index in [9.17, 15) is 0 Å². The van der Waals surface area contributed by atoms with Gasteiger partial charge in [-0.15, -0.1) is 0 Å². The van der Waals surface area contributed by atoms with Crippen LogP contribution in [0.4, 0.5) is 0 Å². The topological polar surface area (TPSA) is 39.1 Å². The summed E-state index contributed by atoms with van der Waals surface area (Å²) in [5.74, 6) is 0. The molecule has 0 amide bonds. The van der Waals surface area contributed by atoms with Crippen molar-refractivity contribution in [2.24, 2.45) is 0 Å². The second-order valence-corrected chi connectivity index (χ2v) is 3.35. The van der Waals surface area contributed by atoms with Gasteiger partial charge < -0.3 is 0 Å². The maximum atomic E-state index is 8.70. The molecule has 1 aromatic rings. The molecule has 0 aliphatic carbocycles. The number of hydrazine groups is 1. The van der Waals surface area contributed by atoms with Gasteiger partial charge in [0.25, 0.3) is 0 Å². The Labute approximate surface area is 84.9 Å². The highest BCUT2D eigenvalue weighted by Crippen LogP contribution is 2.15. The summed E-state index contributed by atoms with van der Waals surface area (Å²) in [6.07, 6.45) is 0.474. The van der Waals surface area contributed by atoms with Crippen molar-refractivity contribution in [2.45, 2.75) is 12.5 Å². The minimum Gasteiger partial charge on any atom is -0.250 e. The number of nitrogens with zero attached hydrogens (tertiary/aromatic N) is 2. The lowest BCUT2D eigenvalue weighted by Gasteiger charge is -2.21. The predicted octanol–water partition coefficient (Wildman–Crippen LogP) is 1.71. The summed E-state index contributed by atoms with van der Waals surface area (Å²) in [5, 5.41) is 10.6. The Morgan fingerprint density at radius 3 is 2.50 bits per heavy atom. The van der Waals surface area contributed by atoms with Crippen LogP contribution in [0.1, 0.15) is 18.0 Å². The summed E-state index contributed by atoms with van der Waals surface area (Å²) >= 11 is 0. The first-order valence-corrected chi connectivity index (χ1v) is 4.59. The number of benzene rings is 1. The van der Waals surface area contributed by atoms with Crippen LogP contribution in [0.3, 0.4) is 0 Å². The Kier molecular flexibility index (Phi) is 4.11. The zero-order chi connectivity index (χ0) is 10.4. The van der Waals surface area contributed by atoms with Gasteiger partial charge in [0.1, 0.15) is 0 Å². The first-order chi connectivity index (χ1) is 6.74. The Morgan fingerprint density at radius 1 is 1.36 bits per heavy atom. The van der Waals surface area contributed by atoms with E-state index in [2.05, 4.69) is 11.5 Å². The fourth-order valence-corrected chi connectivity index (χ4v) is 1.33. The van der Waals surface area contributed by atoms with E-state index in [0.29, 0.717) is 6.42 Å². The van der Waals surface area contributed by atoms with Crippen molar-refractivity contribution in [3.63, 3.8) is 0 Å². The standard InChI is InChI=1S/C11H15N3/c1-14(2)13-11(8-9-12)10-6-4-3-5-7-10/h3-7,11,13H,8H2,1-2H3. The lowest BCUT2D eigenvalue weighted by atomic mass is 10.1. The average molecular weight is 189 g/mol. The third kappa shape index (κ3) is 3.17. The van der Waals surface area contributed by atoms with Crippen LogP contribution in [-0.2, 0) is 0 Å². The molecule has 3 nitrogen and oxygen atoms in total. The van der Waals surface area contributed by atoms with Crippen molar-refractivity contribution in [1.29, 1.82) is 5.26 Å². The van der Waals surface area contributed by atoms with E-state index in [1.165, 1.54) is 0 Å². The molecule has 0 aliphatic heterocycles. The summed E-state index contributed by atoms with van der Waals surface area (Å²) in [5.41, 5.74) is 4.35. The third-order valence-corrected chi connectivity index (χ3v) is 1.91. The van der Waals surface area contributed by atoms with Gasteiger partial charge in [-0.05, 0) is 5.56 Å². The molecule has 0 saturated carbocycles. The minimum absolute atomic E-state index is 0.0798. The van der Waals surface area contributed by atoms with Gasteiger partial charge in [0.15, 0.2) is 0 Å². The minimum atomic E-state index is 0.0798. The van der Waals surface area contributed by atoms with E-state index in [4.69, 9.17) is 5.26 Å². The molecular formula is C11H15N3. The zero-order valence-corrected chi connectivity index (χ0v) is 8.57. The Morgan fingerprint density at radius 2 is 2.00 bits per heavy atom. The smallest absolute Gasteiger partial charge is 0.0642 e. The molecule has 0 fully saturated rings. The normalized spacial score (nSPS) is 12.4. The summed E-state index contributed by atoms with van der Waals surface area (Å²) < 4.78 is 0. The summed E-state index contributed by atoms with van der Waals surface area (Å²) in [6.45, 7) is 0. The van der Waals surface area contributed by atoms with E-state index in [1.54, 1.807) is 0 Å². The molecule has 74 valence electrons. The van der Waals surface area contributed by atoms with Crippen LogP contribution >= 0.6 is 0 Å². The van der Waals surface area contributed by atoms with E-state index in [-0.39, 0.29) is 6.04 Å². The first-order valence-electron chi connectivity index (χ1n) is 4.59. The highest BCUT2D eigenvalue weighted by atomic mass is 15.5. The second kappa shape index (κ2) is 5.38. The number of hydrogen-bond donors (Lipinski definition) is 1. The van der Waals surface area contributed by atoms with Gasteiger partial charge in [0.2, 0.25) is 0 Å². The molecule has 0 bridgehead atoms. The molecule has 0 spiro atoms. The maximum Gasteiger partial charge on any atom is 0.0642 e. The van der Waals surface area contributed by atoms with Crippen LogP contribution in [0, 0.1) is 11.3 Å². The molecule has 1 rings (SSSR count). The van der Waals surface area contributed by atoms with E-state index < -0.39 is 0 Å². The van der Waals surface area contributed by atoms with Crippen molar-refractivity contribution in [2.75, 3.05) is 14.1 Å². The van der Waals surface area contributed by atoms with Crippen molar-refractivity contribution in [1.82, 2.24) is 10.4 Å². The molecule has 1 unspecified atom stereocenters. The molecule has 14 heavy (non-hydrogen) atoms. The van der Waals surface area contributed by atoms with E-state index in [0.717, 1.165) is 5.56 Å². The van der Waals surface area contributed by atoms with Gasteiger partial charge in [0, 0.05) is 14.1 Å². The average Bonchev–Trinajstić information content (AvgIpc) is 2.18. The summed E-state index contributed by atoms with van der Waals surface area (Å²) in [6, 6.07) is 12.3. The van der Waals surface area contributed by atoms with Crippen molar-refractivity contribution in [3.05, 3.63) is 35.9 Å². The van der Waals surface area contributed by atoms with Crippen molar-refractivity contribution in [3.8, 4) is 6.07 Å².